The van der Waals surface area contributed by atoms with Gasteiger partial charge in [0, 0.05) is 26.7 Å². The first-order valence-corrected chi connectivity index (χ1v) is 3.57. The molecular weight excluding hydrogens is 124 g/mol. The topological polar surface area (TPSA) is 15.6 Å². The van der Waals surface area contributed by atoms with E-state index >= 15 is 0 Å². The van der Waals surface area contributed by atoms with Gasteiger partial charge in [0.15, 0.2) is 0 Å². The summed E-state index contributed by atoms with van der Waals surface area (Å²) in [6, 6.07) is 0. The predicted octanol–water partition coefficient (Wildman–Crippen LogP) is 1.89. The maximum atomic E-state index is 4.22. The van der Waals surface area contributed by atoms with Crippen LogP contribution in [0.4, 0.5) is 0 Å². The van der Waals surface area contributed by atoms with E-state index in [9.17, 15) is 0 Å². The zero-order chi connectivity index (χ0) is 7.98. The number of amidine groups is 1. The van der Waals surface area contributed by atoms with Crippen molar-refractivity contribution in [3.63, 3.8) is 0 Å². The summed E-state index contributed by atoms with van der Waals surface area (Å²) >= 11 is 0. The maximum absolute atomic E-state index is 4.22. The standard InChI is InChI=1S/C8H16N2/c1-5-7-9-8(6-2)10(3)4/h5,7H,6H2,1-4H3/b7-5-,9-8+. The molecule has 0 spiro atoms. The number of aliphatic imine (C=N–C) groups is 1. The molecule has 0 atom stereocenters. The van der Waals surface area contributed by atoms with Gasteiger partial charge >= 0.3 is 0 Å². The van der Waals surface area contributed by atoms with Crippen molar-refractivity contribution in [2.45, 2.75) is 20.3 Å². The van der Waals surface area contributed by atoms with Crippen molar-refractivity contribution in [1.29, 1.82) is 0 Å². The summed E-state index contributed by atoms with van der Waals surface area (Å²) in [6.07, 6.45) is 4.73. The van der Waals surface area contributed by atoms with Gasteiger partial charge in [-0.25, -0.2) is 4.99 Å². The Hall–Kier alpha value is -0.790. The average molecular weight is 140 g/mol. The lowest BCUT2D eigenvalue weighted by Crippen LogP contribution is -2.20. The Morgan fingerprint density at radius 3 is 2.40 bits per heavy atom. The van der Waals surface area contributed by atoms with Crippen LogP contribution in [0.25, 0.3) is 0 Å². The van der Waals surface area contributed by atoms with Gasteiger partial charge in [0.1, 0.15) is 5.84 Å². The van der Waals surface area contributed by atoms with E-state index in [-0.39, 0.29) is 0 Å². The molecule has 0 bridgehead atoms. The highest BCUT2D eigenvalue weighted by Gasteiger charge is 1.93. The molecular formula is C8H16N2. The lowest BCUT2D eigenvalue weighted by Gasteiger charge is -2.12. The van der Waals surface area contributed by atoms with Crippen molar-refractivity contribution in [1.82, 2.24) is 4.90 Å². The van der Waals surface area contributed by atoms with Crippen LogP contribution in [0.5, 0.6) is 0 Å². The Morgan fingerprint density at radius 2 is 2.10 bits per heavy atom. The van der Waals surface area contributed by atoms with E-state index in [0.29, 0.717) is 0 Å². The molecule has 0 aromatic rings. The third-order valence-electron chi connectivity index (χ3n) is 1.21. The molecule has 0 heterocycles. The molecule has 0 aliphatic heterocycles. The van der Waals surface area contributed by atoms with Crippen LogP contribution in [-0.4, -0.2) is 24.8 Å². The molecule has 0 rings (SSSR count). The van der Waals surface area contributed by atoms with Gasteiger partial charge in [0.05, 0.1) is 0 Å². The highest BCUT2D eigenvalue weighted by molar-refractivity contribution is 5.81. The molecule has 0 radical (unpaired) electrons. The Morgan fingerprint density at radius 1 is 1.50 bits per heavy atom. The van der Waals surface area contributed by atoms with Crippen LogP contribution < -0.4 is 0 Å². The molecule has 0 N–H and O–H groups in total. The Balaban J connectivity index is 4.04. The van der Waals surface area contributed by atoms with E-state index in [4.69, 9.17) is 0 Å². The second-order valence-corrected chi connectivity index (χ2v) is 2.28. The summed E-state index contributed by atoms with van der Waals surface area (Å²) in [7, 11) is 4.01. The van der Waals surface area contributed by atoms with Crippen LogP contribution in [-0.2, 0) is 0 Å². The fraction of sp³-hybridized carbons (Fsp3) is 0.625. The summed E-state index contributed by atoms with van der Waals surface area (Å²) in [6.45, 7) is 4.06. The fourth-order valence-electron chi connectivity index (χ4n) is 0.684. The van der Waals surface area contributed by atoms with Gasteiger partial charge in [-0.2, -0.15) is 0 Å². The number of nitrogens with zero attached hydrogens (tertiary/aromatic N) is 2. The van der Waals surface area contributed by atoms with Gasteiger partial charge in [-0.1, -0.05) is 13.0 Å². The molecule has 0 amide bonds. The second-order valence-electron chi connectivity index (χ2n) is 2.28. The maximum Gasteiger partial charge on any atom is 0.103 e. The molecule has 0 fully saturated rings. The van der Waals surface area contributed by atoms with Crippen LogP contribution in [0.2, 0.25) is 0 Å². The van der Waals surface area contributed by atoms with Crippen molar-refractivity contribution < 1.29 is 0 Å². The zero-order valence-electron chi connectivity index (χ0n) is 7.26. The monoisotopic (exact) mass is 140 g/mol. The minimum absolute atomic E-state index is 0.983. The average Bonchev–Trinajstić information content (AvgIpc) is 1.89. The van der Waals surface area contributed by atoms with E-state index in [1.165, 1.54) is 0 Å². The van der Waals surface area contributed by atoms with Crippen LogP contribution >= 0.6 is 0 Å². The molecule has 2 heteroatoms. The molecule has 0 aromatic carbocycles. The van der Waals surface area contributed by atoms with Gasteiger partial charge in [0.2, 0.25) is 0 Å². The zero-order valence-corrected chi connectivity index (χ0v) is 7.26. The van der Waals surface area contributed by atoms with Gasteiger partial charge in [-0.05, 0) is 6.92 Å². The lowest BCUT2D eigenvalue weighted by atomic mass is 10.4. The summed E-state index contributed by atoms with van der Waals surface area (Å²) in [4.78, 5) is 6.25. The Bertz CT molecular complexity index is 134. The first-order valence-electron chi connectivity index (χ1n) is 3.57. The number of hydrogen-bond donors (Lipinski definition) is 0. The molecule has 0 saturated heterocycles. The fourth-order valence-corrected chi connectivity index (χ4v) is 0.684. The van der Waals surface area contributed by atoms with Crippen LogP contribution in [0.1, 0.15) is 20.3 Å². The predicted molar refractivity (Wildman–Crippen MR) is 46.2 cm³/mol. The van der Waals surface area contributed by atoms with Crippen molar-refractivity contribution >= 4 is 5.84 Å². The second kappa shape index (κ2) is 5.03. The van der Waals surface area contributed by atoms with Crippen molar-refractivity contribution in [3.05, 3.63) is 12.3 Å². The normalized spacial score (nSPS) is 12.6. The van der Waals surface area contributed by atoms with Crippen LogP contribution in [0.3, 0.4) is 0 Å². The van der Waals surface area contributed by atoms with E-state index < -0.39 is 0 Å². The SMILES string of the molecule is C/C=C\N=C(/CC)N(C)C. The van der Waals surface area contributed by atoms with Crippen molar-refractivity contribution in [2.24, 2.45) is 4.99 Å². The molecule has 0 aliphatic carbocycles. The van der Waals surface area contributed by atoms with Crippen LogP contribution in [0, 0.1) is 0 Å². The van der Waals surface area contributed by atoms with Crippen molar-refractivity contribution in [3.8, 4) is 0 Å². The van der Waals surface area contributed by atoms with Gasteiger partial charge in [0.25, 0.3) is 0 Å². The smallest absolute Gasteiger partial charge is 0.103 e. The molecule has 0 unspecified atom stereocenters. The molecule has 0 aliphatic rings. The summed E-state index contributed by atoms with van der Waals surface area (Å²) in [5.74, 6) is 1.11. The molecule has 0 aromatic heterocycles. The summed E-state index contributed by atoms with van der Waals surface area (Å²) in [5.41, 5.74) is 0. The highest BCUT2D eigenvalue weighted by Crippen LogP contribution is 1.90. The van der Waals surface area contributed by atoms with Gasteiger partial charge in [-0.3, -0.25) is 0 Å². The highest BCUT2D eigenvalue weighted by atomic mass is 15.1. The first-order chi connectivity index (χ1) is 4.72. The first kappa shape index (κ1) is 9.21. The molecule has 10 heavy (non-hydrogen) atoms. The Kier molecular flexibility index (Phi) is 4.63. The minimum atomic E-state index is 0.983. The molecule has 0 saturated carbocycles. The minimum Gasteiger partial charge on any atom is -0.366 e. The summed E-state index contributed by atoms with van der Waals surface area (Å²) in [5, 5.41) is 0. The van der Waals surface area contributed by atoms with E-state index in [0.717, 1.165) is 12.3 Å². The lowest BCUT2D eigenvalue weighted by molar-refractivity contribution is 0.607. The van der Waals surface area contributed by atoms with Crippen molar-refractivity contribution in [2.75, 3.05) is 14.1 Å². The van der Waals surface area contributed by atoms with Gasteiger partial charge < -0.3 is 4.90 Å². The van der Waals surface area contributed by atoms with E-state index in [1.54, 1.807) is 0 Å². The molecule has 58 valence electrons. The largest absolute Gasteiger partial charge is 0.366 e. The quantitative estimate of drug-likeness (QED) is 0.422. The van der Waals surface area contributed by atoms with Gasteiger partial charge in [-0.15, -0.1) is 0 Å². The number of rotatable bonds is 2. The molecule has 2 nitrogen and oxygen atoms in total. The van der Waals surface area contributed by atoms with E-state index in [2.05, 4.69) is 11.9 Å². The summed E-state index contributed by atoms with van der Waals surface area (Å²) < 4.78 is 0. The van der Waals surface area contributed by atoms with E-state index in [1.807, 2.05) is 38.2 Å². The number of hydrogen-bond acceptors (Lipinski definition) is 1. The third kappa shape index (κ3) is 3.28. The number of allylic oxidation sites excluding steroid dienone is 1. The Labute approximate surface area is 63.3 Å². The third-order valence-corrected chi connectivity index (χ3v) is 1.21. The van der Waals surface area contributed by atoms with Crippen LogP contribution in [0.15, 0.2) is 17.3 Å².